The van der Waals surface area contributed by atoms with Crippen LogP contribution in [0.15, 0.2) is 41.0 Å². The maximum absolute atomic E-state index is 13.3. The summed E-state index contributed by atoms with van der Waals surface area (Å²) in [5.41, 5.74) is 0.347. The van der Waals surface area contributed by atoms with E-state index in [0.717, 1.165) is 0 Å². The molecule has 2 aromatic rings. The Morgan fingerprint density at radius 3 is 2.83 bits per heavy atom. The molecule has 0 bridgehead atoms. The van der Waals surface area contributed by atoms with E-state index in [1.807, 2.05) is 0 Å². The van der Waals surface area contributed by atoms with E-state index < -0.39 is 11.9 Å². The first-order chi connectivity index (χ1) is 8.59. The normalized spacial score (nSPS) is 10.2. The maximum atomic E-state index is 13.3. The number of hydrogen-bond donors (Lipinski definition) is 1. The van der Waals surface area contributed by atoms with Crippen LogP contribution in [0.3, 0.4) is 0 Å². The molecule has 2 rings (SSSR count). The molecule has 0 saturated carbocycles. The Morgan fingerprint density at radius 1 is 1.33 bits per heavy atom. The van der Waals surface area contributed by atoms with E-state index in [1.54, 1.807) is 18.2 Å². The molecule has 1 N–H and O–H groups in total. The van der Waals surface area contributed by atoms with Crippen LogP contribution in [0.1, 0.15) is 10.4 Å². The lowest BCUT2D eigenvalue weighted by Gasteiger charge is -2.08. The van der Waals surface area contributed by atoms with Crippen LogP contribution >= 0.6 is 27.5 Å². The lowest BCUT2D eigenvalue weighted by atomic mass is 10.2. The smallest absolute Gasteiger partial charge is 0.260 e. The minimum absolute atomic E-state index is 0.121. The zero-order valence-electron chi connectivity index (χ0n) is 8.95. The number of aromatic nitrogens is 1. The van der Waals surface area contributed by atoms with Crippen LogP contribution < -0.4 is 5.32 Å². The summed E-state index contributed by atoms with van der Waals surface area (Å²) >= 11 is 9.13. The molecule has 1 aromatic carbocycles. The Balaban J connectivity index is 2.27. The van der Waals surface area contributed by atoms with Gasteiger partial charge in [-0.2, -0.15) is 4.39 Å². The van der Waals surface area contributed by atoms with E-state index in [0.29, 0.717) is 15.2 Å². The Morgan fingerprint density at radius 2 is 2.11 bits per heavy atom. The number of carbonyl (C=O) groups is 1. The summed E-state index contributed by atoms with van der Waals surface area (Å²) in [5, 5.41) is 3.02. The molecule has 18 heavy (non-hydrogen) atoms. The number of nitrogens with zero attached hydrogens (tertiary/aromatic N) is 1. The van der Waals surface area contributed by atoms with E-state index in [4.69, 9.17) is 11.6 Å². The van der Waals surface area contributed by atoms with Crippen molar-refractivity contribution in [2.75, 3.05) is 5.32 Å². The van der Waals surface area contributed by atoms with Gasteiger partial charge in [0.05, 0.1) is 20.7 Å². The number of carbonyl (C=O) groups excluding carboxylic acids is 1. The Bertz CT molecular complexity index is 606. The number of nitrogens with one attached hydrogen (secondary N) is 1. The molecule has 0 aliphatic rings. The minimum Gasteiger partial charge on any atom is -0.321 e. The SMILES string of the molecule is O=C(Nc1cccc(Cl)c1Br)c1cccnc1F. The zero-order chi connectivity index (χ0) is 13.1. The highest BCUT2D eigenvalue weighted by Gasteiger charge is 2.14. The maximum Gasteiger partial charge on any atom is 0.260 e. The summed E-state index contributed by atoms with van der Waals surface area (Å²) < 4.78 is 13.9. The van der Waals surface area contributed by atoms with Crippen molar-refractivity contribution >= 4 is 39.1 Å². The lowest BCUT2D eigenvalue weighted by Crippen LogP contribution is -2.14. The highest BCUT2D eigenvalue weighted by atomic mass is 79.9. The molecule has 0 saturated heterocycles. The second kappa shape index (κ2) is 5.46. The predicted molar refractivity (Wildman–Crippen MR) is 71.3 cm³/mol. The quantitative estimate of drug-likeness (QED) is 0.849. The molecule has 1 heterocycles. The van der Waals surface area contributed by atoms with Crippen molar-refractivity contribution in [3.8, 4) is 0 Å². The Labute approximate surface area is 116 Å². The van der Waals surface area contributed by atoms with E-state index in [1.165, 1.54) is 18.3 Å². The molecule has 0 spiro atoms. The van der Waals surface area contributed by atoms with E-state index in [-0.39, 0.29) is 5.56 Å². The van der Waals surface area contributed by atoms with Crippen molar-refractivity contribution in [3.05, 3.63) is 57.5 Å². The van der Waals surface area contributed by atoms with Crippen molar-refractivity contribution in [2.45, 2.75) is 0 Å². The number of halogens is 3. The van der Waals surface area contributed by atoms with Gasteiger partial charge in [-0.3, -0.25) is 4.79 Å². The second-order valence-corrected chi connectivity index (χ2v) is 4.60. The van der Waals surface area contributed by atoms with Crippen molar-refractivity contribution in [1.82, 2.24) is 4.98 Å². The van der Waals surface area contributed by atoms with Crippen molar-refractivity contribution < 1.29 is 9.18 Å². The van der Waals surface area contributed by atoms with Gasteiger partial charge >= 0.3 is 0 Å². The van der Waals surface area contributed by atoms with Crippen LogP contribution in [-0.2, 0) is 0 Å². The lowest BCUT2D eigenvalue weighted by molar-refractivity contribution is 0.102. The predicted octanol–water partition coefficient (Wildman–Crippen LogP) is 3.89. The fourth-order valence-corrected chi connectivity index (χ4v) is 1.88. The fraction of sp³-hybridized carbons (Fsp3) is 0. The van der Waals surface area contributed by atoms with Gasteiger partial charge in [0.1, 0.15) is 0 Å². The Hall–Kier alpha value is -1.46. The summed E-state index contributed by atoms with van der Waals surface area (Å²) in [6.07, 6.45) is 1.28. The molecule has 0 unspecified atom stereocenters. The van der Waals surface area contributed by atoms with Crippen molar-refractivity contribution in [3.63, 3.8) is 0 Å². The van der Waals surface area contributed by atoms with Gasteiger partial charge in [0.2, 0.25) is 5.95 Å². The molecule has 1 amide bonds. The fourth-order valence-electron chi connectivity index (χ4n) is 1.35. The molecule has 0 aliphatic carbocycles. The molecule has 6 heteroatoms. The molecule has 0 atom stereocenters. The van der Waals surface area contributed by atoms with Crippen LogP contribution in [-0.4, -0.2) is 10.9 Å². The molecule has 0 aliphatic heterocycles. The first-order valence-electron chi connectivity index (χ1n) is 4.95. The summed E-state index contributed by atoms with van der Waals surface area (Å²) in [6, 6.07) is 7.86. The molecule has 1 aromatic heterocycles. The van der Waals surface area contributed by atoms with Gasteiger partial charge in [-0.25, -0.2) is 4.98 Å². The number of hydrogen-bond acceptors (Lipinski definition) is 2. The van der Waals surface area contributed by atoms with Crippen LogP contribution in [0.5, 0.6) is 0 Å². The highest BCUT2D eigenvalue weighted by Crippen LogP contribution is 2.30. The molecule has 0 radical (unpaired) electrons. The highest BCUT2D eigenvalue weighted by molar-refractivity contribution is 9.10. The van der Waals surface area contributed by atoms with Crippen LogP contribution in [0.2, 0.25) is 5.02 Å². The monoisotopic (exact) mass is 328 g/mol. The average Bonchev–Trinajstić information content (AvgIpc) is 2.35. The first kappa shape index (κ1) is 13.0. The third kappa shape index (κ3) is 2.68. The number of benzene rings is 1. The van der Waals surface area contributed by atoms with Gasteiger partial charge in [0, 0.05) is 6.20 Å². The summed E-state index contributed by atoms with van der Waals surface area (Å²) in [5.74, 6) is -1.39. The molecule has 92 valence electrons. The average molecular weight is 330 g/mol. The molecule has 3 nitrogen and oxygen atoms in total. The van der Waals surface area contributed by atoms with Gasteiger partial charge in [-0.1, -0.05) is 17.7 Å². The molecular weight excluding hydrogens is 322 g/mol. The van der Waals surface area contributed by atoms with E-state index >= 15 is 0 Å². The van der Waals surface area contributed by atoms with Crippen molar-refractivity contribution in [1.29, 1.82) is 0 Å². The van der Waals surface area contributed by atoms with E-state index in [9.17, 15) is 9.18 Å². The van der Waals surface area contributed by atoms with Gasteiger partial charge in [0.25, 0.3) is 5.91 Å². The van der Waals surface area contributed by atoms with Gasteiger partial charge in [0.15, 0.2) is 0 Å². The molecule has 0 fully saturated rings. The van der Waals surface area contributed by atoms with Gasteiger partial charge in [-0.15, -0.1) is 0 Å². The Kier molecular flexibility index (Phi) is 3.93. The van der Waals surface area contributed by atoms with Crippen molar-refractivity contribution in [2.24, 2.45) is 0 Å². The first-order valence-corrected chi connectivity index (χ1v) is 6.12. The number of amides is 1. The number of pyridine rings is 1. The number of rotatable bonds is 2. The third-order valence-corrected chi connectivity index (χ3v) is 3.60. The third-order valence-electron chi connectivity index (χ3n) is 2.20. The second-order valence-electron chi connectivity index (χ2n) is 3.40. The van der Waals surface area contributed by atoms with Gasteiger partial charge < -0.3 is 5.32 Å². The standard InChI is InChI=1S/C12H7BrClFN2O/c13-10-8(14)4-1-5-9(10)17-12(18)7-3-2-6-16-11(7)15/h1-6H,(H,17,18). The summed E-state index contributed by atoms with van der Waals surface area (Å²) in [7, 11) is 0. The summed E-state index contributed by atoms with van der Waals surface area (Å²) in [6.45, 7) is 0. The largest absolute Gasteiger partial charge is 0.321 e. The van der Waals surface area contributed by atoms with E-state index in [2.05, 4.69) is 26.2 Å². The zero-order valence-corrected chi connectivity index (χ0v) is 11.3. The number of anilines is 1. The van der Waals surface area contributed by atoms with Gasteiger partial charge in [-0.05, 0) is 40.2 Å². The van der Waals surface area contributed by atoms with Crippen LogP contribution in [0, 0.1) is 5.95 Å². The molecular formula is C12H7BrClFN2O. The topological polar surface area (TPSA) is 42.0 Å². The van der Waals surface area contributed by atoms with Crippen LogP contribution in [0.4, 0.5) is 10.1 Å². The summed E-state index contributed by atoms with van der Waals surface area (Å²) in [4.78, 5) is 15.3. The minimum atomic E-state index is -0.812. The van der Waals surface area contributed by atoms with Crippen LogP contribution in [0.25, 0.3) is 0 Å².